The van der Waals surface area contributed by atoms with Gasteiger partial charge in [-0.25, -0.2) is 43.6 Å². The summed E-state index contributed by atoms with van der Waals surface area (Å²) in [6, 6.07) is 0. The minimum atomic E-state index is -0.685. The zero-order chi connectivity index (χ0) is 30.1. The zero-order valence-electron chi connectivity index (χ0n) is 21.3. The van der Waals surface area contributed by atoms with E-state index in [0.29, 0.717) is 21.9 Å². The molecule has 0 atom stereocenters. The minimum Gasteiger partial charge on any atom is -0.381 e. The van der Waals surface area contributed by atoms with E-state index in [0.717, 1.165) is 0 Å². The summed E-state index contributed by atoms with van der Waals surface area (Å²) in [5, 5.41) is 10.8. The van der Waals surface area contributed by atoms with E-state index in [1.54, 1.807) is 24.8 Å². The molecule has 0 saturated heterocycles. The molecule has 0 aliphatic carbocycles. The van der Waals surface area contributed by atoms with Crippen LogP contribution < -0.4 is 5.73 Å². The number of rotatable bonds is 3. The number of hydrogen-bond acceptors (Lipinski definition) is 13. The molecule has 4 aromatic rings. The second-order valence-corrected chi connectivity index (χ2v) is 11.6. The van der Waals surface area contributed by atoms with Gasteiger partial charge >= 0.3 is 5.82 Å². The fourth-order valence-electron chi connectivity index (χ4n) is 1.86. The Morgan fingerprint density at radius 2 is 0.975 bits per heavy atom. The molecule has 0 saturated carbocycles. The fourth-order valence-corrected chi connectivity index (χ4v) is 3.50. The van der Waals surface area contributed by atoms with Gasteiger partial charge in [0.05, 0.1) is 6.20 Å². The number of nitrogens with zero attached hydrogens (tertiary/aromatic N) is 11. The number of nitrogens with two attached hydrogens (primary N) is 1. The van der Waals surface area contributed by atoms with E-state index in [1.165, 1.54) is 24.8 Å². The van der Waals surface area contributed by atoms with Crippen LogP contribution in [0.5, 0.6) is 0 Å². The van der Waals surface area contributed by atoms with Gasteiger partial charge in [0, 0.05) is 37.2 Å². The first-order valence-electron chi connectivity index (χ1n) is 10.3. The average molecular weight is 668 g/mol. The van der Waals surface area contributed by atoms with E-state index in [2.05, 4.69) is 48.6 Å². The topological polar surface area (TPSA) is 197 Å². The Balaban J connectivity index is 0.000000268. The Labute approximate surface area is 254 Å². The maximum Gasteiger partial charge on any atom is 0.401 e. The normalized spacial score (nSPS) is 9.75. The standard InChI is InChI=1S/2C6H8ClN3S.C4H2ClN3O2.C4H4ClN3/c2*1-11(2)10-6-5(7)8-3-4-9-6;5-3-4(8(9)10)7-2-1-6-3;5-3-4(6)8-2-1-7-3/h2*3-4H,1-2H3;1-2H;1-2H,(H2,6,8). The molecule has 4 rings (SSSR count). The van der Waals surface area contributed by atoms with Gasteiger partial charge in [-0.15, -0.1) is 0 Å². The molecule has 0 spiro atoms. The van der Waals surface area contributed by atoms with Gasteiger partial charge in [0.2, 0.25) is 5.15 Å². The van der Waals surface area contributed by atoms with Crippen LogP contribution in [0.3, 0.4) is 0 Å². The SMILES string of the molecule is CS(C)=Nc1nccnc1Cl.CS(C)=Nc1nccnc1Cl.Nc1nccnc1Cl.O=[N+]([O-])c1nccnc1Cl. The summed E-state index contributed by atoms with van der Waals surface area (Å²) in [5.41, 5.74) is 5.21. The highest BCUT2D eigenvalue weighted by atomic mass is 35.5. The highest BCUT2D eigenvalue weighted by Gasteiger charge is 2.12. The molecule has 0 bridgehead atoms. The molecule has 20 heteroatoms. The third kappa shape index (κ3) is 14.4. The monoisotopic (exact) mass is 666 g/mol. The number of hydrogen-bond donors (Lipinski definition) is 1. The largest absolute Gasteiger partial charge is 0.401 e. The summed E-state index contributed by atoms with van der Waals surface area (Å²) in [6.07, 6.45) is 19.7. The molecule has 4 heterocycles. The van der Waals surface area contributed by atoms with Crippen LogP contribution in [0.1, 0.15) is 0 Å². The van der Waals surface area contributed by atoms with E-state index in [-0.39, 0.29) is 37.5 Å². The molecule has 0 unspecified atom stereocenters. The highest BCUT2D eigenvalue weighted by molar-refractivity contribution is 7.86. The quantitative estimate of drug-likeness (QED) is 0.217. The summed E-state index contributed by atoms with van der Waals surface area (Å²) < 4.78 is 8.36. The van der Waals surface area contributed by atoms with Gasteiger partial charge in [-0.05, 0) is 34.9 Å². The molecular weight excluding hydrogens is 646 g/mol. The number of nitro groups is 1. The molecule has 2 N–H and O–H groups in total. The van der Waals surface area contributed by atoms with Crippen molar-refractivity contribution in [3.63, 3.8) is 0 Å². The molecule has 0 aliphatic rings. The Hall–Kier alpha value is -3.02. The van der Waals surface area contributed by atoms with Crippen molar-refractivity contribution in [2.24, 2.45) is 8.73 Å². The maximum absolute atomic E-state index is 10.0. The molecule has 0 radical (unpaired) electrons. The van der Waals surface area contributed by atoms with E-state index in [4.69, 9.17) is 52.1 Å². The summed E-state index contributed by atoms with van der Waals surface area (Å²) in [6.45, 7) is 0. The van der Waals surface area contributed by atoms with E-state index < -0.39 is 10.7 Å². The predicted octanol–water partition coefficient (Wildman–Crippen LogP) is 5.40. The molecule has 4 aromatic heterocycles. The first kappa shape index (κ1) is 35.0. The lowest BCUT2D eigenvalue weighted by molar-refractivity contribution is -0.389. The summed E-state index contributed by atoms with van der Waals surface area (Å²) >= 11 is 22.1. The van der Waals surface area contributed by atoms with Crippen LogP contribution in [-0.4, -0.2) is 69.8 Å². The van der Waals surface area contributed by atoms with Crippen LogP contribution >= 0.6 is 46.4 Å². The van der Waals surface area contributed by atoms with Crippen molar-refractivity contribution in [2.75, 3.05) is 30.8 Å². The third-order valence-corrected chi connectivity index (χ3v) is 5.47. The Bertz CT molecular complexity index is 1380. The number of aromatic nitrogens is 8. The van der Waals surface area contributed by atoms with Crippen LogP contribution in [0.15, 0.2) is 58.3 Å². The summed E-state index contributed by atoms with van der Waals surface area (Å²) in [5.74, 6) is 0.920. The number of anilines is 1. The lowest BCUT2D eigenvalue weighted by Crippen LogP contribution is -1.93. The van der Waals surface area contributed by atoms with Crippen molar-refractivity contribution < 1.29 is 4.92 Å². The summed E-state index contributed by atoms with van der Waals surface area (Å²) in [7, 11) is -0.0775. The van der Waals surface area contributed by atoms with Crippen molar-refractivity contribution >= 4 is 91.1 Å². The van der Waals surface area contributed by atoms with Crippen LogP contribution in [0.2, 0.25) is 20.6 Å². The smallest absolute Gasteiger partial charge is 0.381 e. The molecule has 0 amide bonds. The van der Waals surface area contributed by atoms with Crippen molar-refractivity contribution in [3.05, 3.63) is 80.3 Å². The highest BCUT2D eigenvalue weighted by Crippen LogP contribution is 2.19. The van der Waals surface area contributed by atoms with Crippen molar-refractivity contribution in [2.45, 2.75) is 0 Å². The van der Waals surface area contributed by atoms with E-state index >= 15 is 0 Å². The lowest BCUT2D eigenvalue weighted by Gasteiger charge is -1.94. The van der Waals surface area contributed by atoms with E-state index in [1.807, 2.05) is 25.0 Å². The van der Waals surface area contributed by atoms with Crippen LogP contribution in [0, 0.1) is 10.1 Å². The van der Waals surface area contributed by atoms with Gasteiger partial charge in [0.15, 0.2) is 39.1 Å². The molecular formula is C20H22Cl4N12O2S2. The first-order chi connectivity index (χ1) is 18.9. The molecule has 0 aliphatic heterocycles. The van der Waals surface area contributed by atoms with Crippen molar-refractivity contribution in [1.82, 2.24) is 39.9 Å². The second-order valence-electron chi connectivity index (χ2n) is 6.73. The van der Waals surface area contributed by atoms with Crippen LogP contribution in [0.25, 0.3) is 0 Å². The third-order valence-electron chi connectivity index (χ3n) is 3.30. The summed E-state index contributed by atoms with van der Waals surface area (Å²) in [4.78, 5) is 39.1. The van der Waals surface area contributed by atoms with Gasteiger partial charge < -0.3 is 15.8 Å². The number of halogens is 4. The zero-order valence-corrected chi connectivity index (χ0v) is 25.9. The lowest BCUT2D eigenvalue weighted by atomic mass is 10.7. The molecule has 214 valence electrons. The number of nitrogen functional groups attached to an aromatic ring is 1. The van der Waals surface area contributed by atoms with Gasteiger partial charge in [0.1, 0.15) is 0 Å². The molecule has 14 nitrogen and oxygen atoms in total. The average Bonchev–Trinajstić information content (AvgIpc) is 2.89. The van der Waals surface area contributed by atoms with Crippen molar-refractivity contribution in [3.8, 4) is 0 Å². The van der Waals surface area contributed by atoms with Gasteiger partial charge in [0.25, 0.3) is 0 Å². The van der Waals surface area contributed by atoms with Gasteiger partial charge in [-0.1, -0.05) is 67.8 Å². The van der Waals surface area contributed by atoms with Gasteiger partial charge in [-0.3, -0.25) is 0 Å². The maximum atomic E-state index is 10.0. The van der Waals surface area contributed by atoms with Crippen LogP contribution in [0.4, 0.5) is 23.3 Å². The fraction of sp³-hybridized carbons (Fsp3) is 0.200. The molecule has 40 heavy (non-hydrogen) atoms. The Morgan fingerprint density at radius 3 is 1.25 bits per heavy atom. The molecule has 0 fully saturated rings. The Kier molecular flexibility index (Phi) is 16.7. The Morgan fingerprint density at radius 1 is 0.625 bits per heavy atom. The molecule has 0 aromatic carbocycles. The second kappa shape index (κ2) is 19.1. The minimum absolute atomic E-state index is 0.0388. The van der Waals surface area contributed by atoms with Crippen LogP contribution in [-0.2, 0) is 21.4 Å². The first-order valence-corrected chi connectivity index (χ1v) is 15.8. The predicted molar refractivity (Wildman–Crippen MR) is 162 cm³/mol. The van der Waals surface area contributed by atoms with E-state index in [9.17, 15) is 10.1 Å². The van der Waals surface area contributed by atoms with Gasteiger partial charge in [-0.2, -0.15) is 0 Å². The van der Waals surface area contributed by atoms with Crippen molar-refractivity contribution in [1.29, 1.82) is 0 Å².